The summed E-state index contributed by atoms with van der Waals surface area (Å²) < 4.78 is 44.7. The number of carbonyl (C=O) groups excluding carboxylic acids is 1. The van der Waals surface area contributed by atoms with E-state index in [1.54, 1.807) is 0 Å². The largest absolute Gasteiger partial charge is 0.575 e. The lowest BCUT2D eigenvalue weighted by molar-refractivity contribution is -0.390. The van der Waals surface area contributed by atoms with Crippen molar-refractivity contribution in [3.05, 3.63) is 27.3 Å². The van der Waals surface area contributed by atoms with Crippen molar-refractivity contribution >= 4 is 11.8 Å². The van der Waals surface area contributed by atoms with Crippen molar-refractivity contribution in [1.29, 1.82) is 0 Å². The number of pyridine rings is 1. The third-order valence-electron chi connectivity index (χ3n) is 2.24. The number of rotatable bonds is 4. The van der Waals surface area contributed by atoms with Crippen molar-refractivity contribution in [3.8, 4) is 5.88 Å². The zero-order valence-corrected chi connectivity index (χ0v) is 10.4. The molecule has 1 aromatic heterocycles. The number of aryl methyl sites for hydroxylation is 1. The summed E-state index contributed by atoms with van der Waals surface area (Å²) in [5.74, 6) is -2.67. The normalized spacial score (nSPS) is 11.1. The first-order chi connectivity index (χ1) is 9.14. The number of ether oxygens (including phenoxy) is 2. The molecule has 0 aliphatic heterocycles. The zero-order chi connectivity index (χ0) is 15.5. The van der Waals surface area contributed by atoms with Crippen molar-refractivity contribution in [3.63, 3.8) is 0 Å². The molecule has 1 aromatic rings. The van der Waals surface area contributed by atoms with E-state index in [4.69, 9.17) is 0 Å². The van der Waals surface area contributed by atoms with E-state index in [-0.39, 0.29) is 11.1 Å². The van der Waals surface area contributed by atoms with Crippen molar-refractivity contribution < 1.29 is 32.4 Å². The van der Waals surface area contributed by atoms with E-state index in [0.717, 1.165) is 13.2 Å². The highest BCUT2D eigenvalue weighted by atomic mass is 19.4. The van der Waals surface area contributed by atoms with Gasteiger partial charge in [0.25, 0.3) is 0 Å². The maximum atomic E-state index is 12.3. The van der Waals surface area contributed by atoms with Crippen LogP contribution in [0.2, 0.25) is 0 Å². The second-order valence-corrected chi connectivity index (χ2v) is 3.64. The minimum absolute atomic E-state index is 0.0661. The Labute approximate surface area is 110 Å². The zero-order valence-electron chi connectivity index (χ0n) is 10.4. The number of nitrogens with zero attached hydrogens (tertiary/aromatic N) is 2. The Hall–Kier alpha value is -2.39. The van der Waals surface area contributed by atoms with E-state index in [1.807, 2.05) is 0 Å². The molecular weight excluding hydrogens is 285 g/mol. The van der Waals surface area contributed by atoms with E-state index in [0.29, 0.717) is 0 Å². The fourth-order valence-corrected chi connectivity index (χ4v) is 1.37. The second kappa shape index (κ2) is 5.72. The Bertz CT molecular complexity index is 544. The van der Waals surface area contributed by atoms with Crippen LogP contribution >= 0.6 is 0 Å². The van der Waals surface area contributed by atoms with Crippen LogP contribution < -0.4 is 4.74 Å². The molecule has 0 N–H and O–H groups in total. The van der Waals surface area contributed by atoms with Gasteiger partial charge in [-0.25, -0.2) is 0 Å². The number of hydrogen-bond acceptors (Lipinski definition) is 6. The van der Waals surface area contributed by atoms with Crippen LogP contribution in [0.5, 0.6) is 5.88 Å². The summed E-state index contributed by atoms with van der Waals surface area (Å²) in [5.41, 5.74) is -0.156. The summed E-state index contributed by atoms with van der Waals surface area (Å²) >= 11 is 0. The van der Waals surface area contributed by atoms with Crippen LogP contribution in [-0.2, 0) is 16.0 Å². The molecule has 10 heteroatoms. The molecule has 7 nitrogen and oxygen atoms in total. The Morgan fingerprint density at radius 3 is 2.55 bits per heavy atom. The highest BCUT2D eigenvalue weighted by molar-refractivity contribution is 5.74. The van der Waals surface area contributed by atoms with Crippen molar-refractivity contribution in [1.82, 2.24) is 4.98 Å². The van der Waals surface area contributed by atoms with Gasteiger partial charge >= 0.3 is 24.0 Å². The number of methoxy groups -OCH3 is 1. The SMILES string of the molecule is COC(=O)Cc1c(C)cc([N+](=O)[O-])nc1OC(F)(F)F. The van der Waals surface area contributed by atoms with Crippen molar-refractivity contribution in [2.24, 2.45) is 0 Å². The molecular formula is C10H9F3N2O5. The van der Waals surface area contributed by atoms with Gasteiger partial charge in [0, 0.05) is 11.1 Å². The van der Waals surface area contributed by atoms with E-state index in [1.165, 1.54) is 6.92 Å². The number of nitro groups is 1. The van der Waals surface area contributed by atoms with Crippen molar-refractivity contribution in [2.45, 2.75) is 19.7 Å². The molecule has 1 rings (SSSR count). The van der Waals surface area contributed by atoms with Crippen LogP contribution in [0.4, 0.5) is 19.0 Å². The molecule has 20 heavy (non-hydrogen) atoms. The molecule has 0 spiro atoms. The Balaban J connectivity index is 3.32. The van der Waals surface area contributed by atoms with Crippen LogP contribution in [0.3, 0.4) is 0 Å². The van der Waals surface area contributed by atoms with Gasteiger partial charge in [-0.05, 0) is 17.4 Å². The fourth-order valence-electron chi connectivity index (χ4n) is 1.37. The predicted molar refractivity (Wildman–Crippen MR) is 58.0 cm³/mol. The first-order valence-electron chi connectivity index (χ1n) is 5.11. The Morgan fingerprint density at radius 1 is 1.50 bits per heavy atom. The minimum Gasteiger partial charge on any atom is -0.469 e. The summed E-state index contributed by atoms with van der Waals surface area (Å²) in [6.07, 6.45) is -5.63. The number of aromatic nitrogens is 1. The van der Waals surface area contributed by atoms with E-state index >= 15 is 0 Å². The maximum Gasteiger partial charge on any atom is 0.575 e. The van der Waals surface area contributed by atoms with E-state index in [9.17, 15) is 28.1 Å². The fraction of sp³-hybridized carbons (Fsp3) is 0.400. The van der Waals surface area contributed by atoms with Crippen LogP contribution in [0.15, 0.2) is 6.07 Å². The molecule has 0 saturated heterocycles. The molecule has 0 bridgehead atoms. The third-order valence-corrected chi connectivity index (χ3v) is 2.24. The number of esters is 1. The van der Waals surface area contributed by atoms with Gasteiger partial charge in [0.1, 0.15) is 0 Å². The minimum atomic E-state index is -5.08. The molecule has 110 valence electrons. The number of halogens is 3. The maximum absolute atomic E-state index is 12.3. The van der Waals surface area contributed by atoms with Gasteiger partial charge in [-0.15, -0.1) is 13.2 Å². The summed E-state index contributed by atoms with van der Waals surface area (Å²) in [6.45, 7) is 1.30. The smallest absolute Gasteiger partial charge is 0.469 e. The Morgan fingerprint density at radius 2 is 2.10 bits per heavy atom. The average molecular weight is 294 g/mol. The summed E-state index contributed by atoms with van der Waals surface area (Å²) in [4.78, 5) is 23.9. The van der Waals surface area contributed by atoms with Gasteiger partial charge in [0.05, 0.1) is 19.1 Å². The van der Waals surface area contributed by atoms with Gasteiger partial charge in [-0.3, -0.25) is 4.79 Å². The topological polar surface area (TPSA) is 91.6 Å². The predicted octanol–water partition coefficient (Wildman–Crippen LogP) is 1.91. The van der Waals surface area contributed by atoms with Crippen LogP contribution in [0.25, 0.3) is 0 Å². The highest BCUT2D eigenvalue weighted by Gasteiger charge is 2.36. The Kier molecular flexibility index (Phi) is 4.48. The molecule has 0 aliphatic rings. The standard InChI is InChI=1S/C10H9F3N2O5/c1-5-3-7(15(17)18)14-9(20-10(11,12)13)6(5)4-8(16)19-2/h3H,4H2,1-2H3. The van der Waals surface area contributed by atoms with Gasteiger partial charge < -0.3 is 19.6 Å². The van der Waals surface area contributed by atoms with Gasteiger partial charge in [0.2, 0.25) is 0 Å². The lowest BCUT2D eigenvalue weighted by Gasteiger charge is -2.10. The lowest BCUT2D eigenvalue weighted by atomic mass is 10.1. The second-order valence-electron chi connectivity index (χ2n) is 3.64. The first kappa shape index (κ1) is 15.7. The number of hydrogen-bond donors (Lipinski definition) is 0. The molecule has 1 heterocycles. The van der Waals surface area contributed by atoms with Gasteiger partial charge in [-0.2, -0.15) is 0 Å². The molecule has 0 unspecified atom stereocenters. The summed E-state index contributed by atoms with van der Waals surface area (Å²) in [7, 11) is 1.06. The molecule has 0 radical (unpaired) electrons. The first-order valence-corrected chi connectivity index (χ1v) is 5.11. The van der Waals surface area contributed by atoms with E-state index in [2.05, 4.69) is 14.5 Å². The van der Waals surface area contributed by atoms with Crippen LogP contribution in [0.1, 0.15) is 11.1 Å². The molecule has 0 saturated carbocycles. The molecule has 0 amide bonds. The summed E-state index contributed by atoms with van der Waals surface area (Å²) in [5, 5.41) is 10.6. The summed E-state index contributed by atoms with van der Waals surface area (Å²) in [6, 6.07) is 0.946. The van der Waals surface area contributed by atoms with Gasteiger partial charge in [0.15, 0.2) is 0 Å². The molecule has 0 aromatic carbocycles. The molecule has 0 fully saturated rings. The van der Waals surface area contributed by atoms with Gasteiger partial charge in [-0.1, -0.05) is 0 Å². The average Bonchev–Trinajstić information content (AvgIpc) is 2.30. The van der Waals surface area contributed by atoms with Crippen LogP contribution in [-0.4, -0.2) is 29.3 Å². The number of carbonyl (C=O) groups is 1. The van der Waals surface area contributed by atoms with Crippen molar-refractivity contribution in [2.75, 3.05) is 7.11 Å². The molecule has 0 aliphatic carbocycles. The highest BCUT2D eigenvalue weighted by Crippen LogP contribution is 2.29. The third kappa shape index (κ3) is 4.07. The quantitative estimate of drug-likeness (QED) is 0.478. The molecule has 0 atom stereocenters. The van der Waals surface area contributed by atoms with Crippen LogP contribution in [0, 0.1) is 17.0 Å². The lowest BCUT2D eigenvalue weighted by Crippen LogP contribution is -2.20. The number of alkyl halides is 3. The van der Waals surface area contributed by atoms with E-state index < -0.39 is 35.4 Å². The monoisotopic (exact) mass is 294 g/mol.